The number of urea groups is 1. The minimum atomic E-state index is -0.920. The van der Waals surface area contributed by atoms with Gasteiger partial charge in [0.05, 0.1) is 19.0 Å². The average molecular weight is 303 g/mol. The monoisotopic (exact) mass is 303 g/mol. The van der Waals surface area contributed by atoms with Gasteiger partial charge in [0.2, 0.25) is 5.91 Å². The van der Waals surface area contributed by atoms with E-state index in [4.69, 9.17) is 5.11 Å². The highest BCUT2D eigenvalue weighted by Gasteiger charge is 2.28. The molecule has 114 valence electrons. The van der Waals surface area contributed by atoms with E-state index >= 15 is 0 Å². The molecule has 0 aromatic carbocycles. The third-order valence-corrected chi connectivity index (χ3v) is 3.96. The van der Waals surface area contributed by atoms with Crippen LogP contribution in [0.3, 0.4) is 0 Å². The number of hydrogen-bond donors (Lipinski definition) is 3. The van der Waals surface area contributed by atoms with Crippen LogP contribution in [0.1, 0.15) is 19.8 Å². The van der Waals surface area contributed by atoms with Crippen molar-refractivity contribution in [3.05, 3.63) is 0 Å². The maximum Gasteiger partial charge on any atom is 0.318 e. The first-order valence-corrected chi connectivity index (χ1v) is 7.80. The van der Waals surface area contributed by atoms with Gasteiger partial charge in [-0.1, -0.05) is 6.92 Å². The second-order valence-corrected chi connectivity index (χ2v) is 5.68. The Labute approximate surface area is 122 Å². The number of nitrogens with zero attached hydrogens (tertiary/aromatic N) is 1. The number of aliphatic carboxylic acids is 1. The van der Waals surface area contributed by atoms with Crippen molar-refractivity contribution >= 4 is 29.7 Å². The normalized spacial score (nSPS) is 18.4. The molecule has 1 aliphatic heterocycles. The van der Waals surface area contributed by atoms with Gasteiger partial charge < -0.3 is 20.6 Å². The molecule has 1 unspecified atom stereocenters. The van der Waals surface area contributed by atoms with Crippen molar-refractivity contribution in [2.75, 3.05) is 31.1 Å². The maximum absolute atomic E-state index is 12.0. The van der Waals surface area contributed by atoms with E-state index in [2.05, 4.69) is 10.6 Å². The summed E-state index contributed by atoms with van der Waals surface area (Å²) in [5.41, 5.74) is 0. The highest BCUT2D eigenvalue weighted by molar-refractivity contribution is 7.99. The van der Waals surface area contributed by atoms with Gasteiger partial charge in [-0.2, -0.15) is 11.8 Å². The Bertz CT molecular complexity index is 365. The molecule has 3 amide bonds. The molecule has 1 heterocycles. The summed E-state index contributed by atoms with van der Waals surface area (Å²) in [6, 6.07) is -0.687. The van der Waals surface area contributed by atoms with Crippen molar-refractivity contribution in [2.45, 2.75) is 25.8 Å². The molecule has 1 atom stereocenters. The molecule has 8 heteroatoms. The summed E-state index contributed by atoms with van der Waals surface area (Å²) in [6.07, 6.45) is 0.770. The van der Waals surface area contributed by atoms with Gasteiger partial charge in [0, 0.05) is 24.6 Å². The first-order valence-electron chi connectivity index (χ1n) is 6.65. The molecule has 1 saturated heterocycles. The number of nitrogens with one attached hydrogen (secondary N) is 2. The highest BCUT2D eigenvalue weighted by atomic mass is 32.2. The number of rotatable bonds is 6. The van der Waals surface area contributed by atoms with E-state index in [1.165, 1.54) is 4.90 Å². The van der Waals surface area contributed by atoms with Crippen molar-refractivity contribution in [1.29, 1.82) is 0 Å². The molecule has 1 rings (SSSR count). The molecule has 1 aliphatic rings. The van der Waals surface area contributed by atoms with Gasteiger partial charge >= 0.3 is 12.0 Å². The lowest BCUT2D eigenvalue weighted by atomic mass is 10.2. The largest absolute Gasteiger partial charge is 0.481 e. The zero-order valence-corrected chi connectivity index (χ0v) is 12.4. The molecule has 7 nitrogen and oxygen atoms in total. The van der Waals surface area contributed by atoms with Gasteiger partial charge in [-0.15, -0.1) is 0 Å². The number of amides is 3. The summed E-state index contributed by atoms with van der Waals surface area (Å²) in [5, 5.41) is 14.0. The van der Waals surface area contributed by atoms with Crippen LogP contribution in [0.5, 0.6) is 0 Å². The first-order chi connectivity index (χ1) is 9.54. The van der Waals surface area contributed by atoms with Crippen LogP contribution in [0.25, 0.3) is 0 Å². The van der Waals surface area contributed by atoms with Crippen LogP contribution >= 0.6 is 11.8 Å². The fraction of sp³-hybridized carbons (Fsp3) is 0.750. The zero-order valence-electron chi connectivity index (χ0n) is 11.6. The van der Waals surface area contributed by atoms with Crippen LogP contribution < -0.4 is 10.6 Å². The van der Waals surface area contributed by atoms with E-state index in [0.717, 1.165) is 12.2 Å². The van der Waals surface area contributed by atoms with Crippen LogP contribution in [-0.2, 0) is 9.59 Å². The molecule has 0 aromatic rings. The van der Waals surface area contributed by atoms with Crippen LogP contribution in [0.15, 0.2) is 0 Å². The van der Waals surface area contributed by atoms with Gasteiger partial charge in [0.15, 0.2) is 0 Å². The summed E-state index contributed by atoms with van der Waals surface area (Å²) in [6.45, 7) is 2.95. The van der Waals surface area contributed by atoms with Crippen LogP contribution in [-0.4, -0.2) is 65.1 Å². The Morgan fingerprint density at radius 2 is 2.10 bits per heavy atom. The maximum atomic E-state index is 12.0. The standard InChI is InChI=1S/C12H21N3O4S/c1-2-3-13-10(16)7-14-12(19)15-4-5-20-8-9(15)6-11(17)18/h9H,2-8H2,1H3,(H,13,16)(H,14,19)(H,17,18). The number of carboxylic acid groups (broad SMARTS) is 1. The van der Waals surface area contributed by atoms with Crippen LogP contribution in [0.2, 0.25) is 0 Å². The fourth-order valence-corrected chi connectivity index (χ4v) is 2.94. The average Bonchev–Trinajstić information content (AvgIpc) is 2.42. The van der Waals surface area contributed by atoms with E-state index in [0.29, 0.717) is 18.8 Å². The first kappa shape index (κ1) is 16.6. The van der Waals surface area contributed by atoms with Crippen molar-refractivity contribution in [3.8, 4) is 0 Å². The van der Waals surface area contributed by atoms with E-state index in [1.807, 2.05) is 6.92 Å². The van der Waals surface area contributed by atoms with E-state index in [1.54, 1.807) is 11.8 Å². The fourth-order valence-electron chi connectivity index (χ4n) is 1.88. The number of carbonyl (C=O) groups is 3. The number of carboxylic acids is 1. The summed E-state index contributed by atoms with van der Waals surface area (Å²) in [7, 11) is 0. The van der Waals surface area contributed by atoms with E-state index in [-0.39, 0.29) is 30.9 Å². The topological polar surface area (TPSA) is 98.7 Å². The number of thioether (sulfide) groups is 1. The molecule has 1 fully saturated rings. The highest BCUT2D eigenvalue weighted by Crippen LogP contribution is 2.18. The smallest absolute Gasteiger partial charge is 0.318 e. The molecular formula is C12H21N3O4S. The third kappa shape index (κ3) is 5.68. The summed E-state index contributed by atoms with van der Waals surface area (Å²) >= 11 is 1.64. The quantitative estimate of drug-likeness (QED) is 0.647. The minimum Gasteiger partial charge on any atom is -0.481 e. The van der Waals surface area contributed by atoms with Gasteiger partial charge in [-0.25, -0.2) is 4.79 Å². The van der Waals surface area contributed by atoms with Crippen LogP contribution in [0, 0.1) is 0 Å². The molecule has 0 aliphatic carbocycles. The molecule has 0 spiro atoms. The molecule has 20 heavy (non-hydrogen) atoms. The molecule has 0 aromatic heterocycles. The van der Waals surface area contributed by atoms with Crippen molar-refractivity contribution in [2.24, 2.45) is 0 Å². The Kier molecular flexibility index (Phi) is 7.21. The lowest BCUT2D eigenvalue weighted by Crippen LogP contribution is -2.52. The summed E-state index contributed by atoms with van der Waals surface area (Å²) in [5.74, 6) is 0.241. The Balaban J connectivity index is 2.42. The molecule has 0 radical (unpaired) electrons. The van der Waals surface area contributed by atoms with Gasteiger partial charge in [0.1, 0.15) is 0 Å². The van der Waals surface area contributed by atoms with Gasteiger partial charge in [-0.05, 0) is 6.42 Å². The van der Waals surface area contributed by atoms with Crippen molar-refractivity contribution < 1.29 is 19.5 Å². The van der Waals surface area contributed by atoms with E-state index < -0.39 is 5.97 Å². The summed E-state index contributed by atoms with van der Waals surface area (Å²) < 4.78 is 0. The lowest BCUT2D eigenvalue weighted by molar-refractivity contribution is -0.138. The molecule has 0 saturated carbocycles. The molecule has 0 bridgehead atoms. The Morgan fingerprint density at radius 3 is 2.75 bits per heavy atom. The SMILES string of the molecule is CCCNC(=O)CNC(=O)N1CCSCC1CC(=O)O. The second-order valence-electron chi connectivity index (χ2n) is 4.53. The number of carbonyl (C=O) groups excluding carboxylic acids is 2. The van der Waals surface area contributed by atoms with Gasteiger partial charge in [-0.3, -0.25) is 9.59 Å². The van der Waals surface area contributed by atoms with E-state index in [9.17, 15) is 14.4 Å². The molecule has 3 N–H and O–H groups in total. The van der Waals surface area contributed by atoms with Crippen molar-refractivity contribution in [1.82, 2.24) is 15.5 Å². The predicted octanol–water partition coefficient (Wildman–Crippen LogP) is 0.114. The minimum absolute atomic E-state index is 0.0670. The number of hydrogen-bond acceptors (Lipinski definition) is 4. The molecular weight excluding hydrogens is 282 g/mol. The van der Waals surface area contributed by atoms with Crippen molar-refractivity contribution in [3.63, 3.8) is 0 Å². The van der Waals surface area contributed by atoms with Gasteiger partial charge in [0.25, 0.3) is 0 Å². The summed E-state index contributed by atoms with van der Waals surface area (Å²) in [4.78, 5) is 35.7. The Morgan fingerprint density at radius 1 is 1.35 bits per heavy atom. The third-order valence-electron chi connectivity index (χ3n) is 2.87. The Hall–Kier alpha value is -1.44. The zero-order chi connectivity index (χ0) is 15.0. The lowest BCUT2D eigenvalue weighted by Gasteiger charge is -2.34. The second kappa shape index (κ2) is 8.68. The predicted molar refractivity (Wildman–Crippen MR) is 76.8 cm³/mol. The van der Waals surface area contributed by atoms with Crippen LogP contribution in [0.4, 0.5) is 4.79 Å².